The van der Waals surface area contributed by atoms with Gasteiger partial charge < -0.3 is 10.2 Å². The second-order valence-electron chi connectivity index (χ2n) is 4.26. The number of hydrogen-bond acceptors (Lipinski definition) is 2. The first-order valence-electron chi connectivity index (χ1n) is 4.36. The summed E-state index contributed by atoms with van der Waals surface area (Å²) in [4.78, 5) is 10.8. The lowest BCUT2D eigenvalue weighted by atomic mass is 9.67. The maximum atomic E-state index is 10.8. The molecule has 0 unspecified atom stereocenters. The first-order valence-corrected chi connectivity index (χ1v) is 4.36. The molecular formula is C9H16O3. The van der Waals surface area contributed by atoms with E-state index in [1.807, 2.05) is 13.8 Å². The molecule has 0 aromatic heterocycles. The number of rotatable bonds is 1. The fourth-order valence-corrected chi connectivity index (χ4v) is 2.11. The molecule has 0 aliphatic heterocycles. The van der Waals surface area contributed by atoms with Gasteiger partial charge >= 0.3 is 5.97 Å². The van der Waals surface area contributed by atoms with Gasteiger partial charge in [0.05, 0.1) is 12.0 Å². The molecule has 1 rings (SSSR count). The van der Waals surface area contributed by atoms with E-state index < -0.39 is 18.0 Å². The average molecular weight is 172 g/mol. The Bertz CT molecular complexity index is 186. The molecule has 0 amide bonds. The Labute approximate surface area is 72.4 Å². The van der Waals surface area contributed by atoms with Crippen LogP contribution in [-0.4, -0.2) is 22.3 Å². The topological polar surface area (TPSA) is 57.5 Å². The molecule has 0 saturated heterocycles. The van der Waals surface area contributed by atoms with Crippen LogP contribution in [0, 0.1) is 11.3 Å². The number of carboxylic acids is 1. The summed E-state index contributed by atoms with van der Waals surface area (Å²) in [6.45, 7) is 3.82. The van der Waals surface area contributed by atoms with Crippen LogP contribution in [0.25, 0.3) is 0 Å². The molecule has 0 heterocycles. The number of aliphatic hydroxyl groups excluding tert-OH is 1. The molecule has 1 aliphatic rings. The van der Waals surface area contributed by atoms with Crippen LogP contribution < -0.4 is 0 Å². The Hall–Kier alpha value is -0.570. The van der Waals surface area contributed by atoms with Crippen molar-refractivity contribution in [2.45, 2.75) is 39.2 Å². The number of carbonyl (C=O) groups is 1. The summed E-state index contributed by atoms with van der Waals surface area (Å²) in [5.74, 6) is -1.46. The van der Waals surface area contributed by atoms with E-state index in [1.54, 1.807) is 0 Å². The van der Waals surface area contributed by atoms with Crippen LogP contribution in [-0.2, 0) is 4.79 Å². The van der Waals surface area contributed by atoms with Gasteiger partial charge in [-0.05, 0) is 18.3 Å². The largest absolute Gasteiger partial charge is 0.481 e. The second kappa shape index (κ2) is 3.05. The van der Waals surface area contributed by atoms with Crippen molar-refractivity contribution >= 4 is 5.97 Å². The summed E-state index contributed by atoms with van der Waals surface area (Å²) < 4.78 is 0. The van der Waals surface area contributed by atoms with Gasteiger partial charge in [0.1, 0.15) is 0 Å². The molecule has 70 valence electrons. The molecule has 0 bridgehead atoms. The van der Waals surface area contributed by atoms with E-state index in [0.717, 1.165) is 12.8 Å². The van der Waals surface area contributed by atoms with Crippen molar-refractivity contribution in [2.24, 2.45) is 11.3 Å². The van der Waals surface area contributed by atoms with E-state index in [0.29, 0.717) is 6.42 Å². The first kappa shape index (κ1) is 9.52. The second-order valence-corrected chi connectivity index (χ2v) is 4.26. The fraction of sp³-hybridized carbons (Fsp3) is 0.889. The molecule has 3 nitrogen and oxygen atoms in total. The van der Waals surface area contributed by atoms with Crippen molar-refractivity contribution < 1.29 is 15.0 Å². The molecular weight excluding hydrogens is 156 g/mol. The molecule has 0 radical (unpaired) electrons. The Kier molecular flexibility index (Phi) is 2.42. The Morgan fingerprint density at radius 1 is 1.50 bits per heavy atom. The normalized spacial score (nSPS) is 34.6. The molecule has 3 heteroatoms. The van der Waals surface area contributed by atoms with Crippen LogP contribution >= 0.6 is 0 Å². The zero-order valence-electron chi connectivity index (χ0n) is 7.58. The minimum absolute atomic E-state index is 0.260. The molecule has 2 atom stereocenters. The third-order valence-electron chi connectivity index (χ3n) is 2.81. The van der Waals surface area contributed by atoms with Crippen molar-refractivity contribution in [1.29, 1.82) is 0 Å². The highest BCUT2D eigenvalue weighted by Gasteiger charge is 2.42. The van der Waals surface area contributed by atoms with Crippen LogP contribution in [0.15, 0.2) is 0 Å². The van der Waals surface area contributed by atoms with Crippen LogP contribution in [0.2, 0.25) is 0 Å². The molecule has 0 aromatic carbocycles. The first-order chi connectivity index (χ1) is 5.45. The van der Waals surface area contributed by atoms with Gasteiger partial charge in [0, 0.05) is 0 Å². The van der Waals surface area contributed by atoms with Crippen molar-refractivity contribution in [3.05, 3.63) is 0 Å². The lowest BCUT2D eigenvalue weighted by molar-refractivity contribution is -0.154. The van der Waals surface area contributed by atoms with Crippen LogP contribution in [0.1, 0.15) is 33.1 Å². The summed E-state index contributed by atoms with van der Waals surface area (Å²) in [6.07, 6.45) is 1.78. The monoisotopic (exact) mass is 172 g/mol. The zero-order chi connectivity index (χ0) is 9.35. The minimum Gasteiger partial charge on any atom is -0.481 e. The smallest absolute Gasteiger partial charge is 0.309 e. The Balaban J connectivity index is 2.81. The van der Waals surface area contributed by atoms with Gasteiger partial charge in [-0.25, -0.2) is 0 Å². The Morgan fingerprint density at radius 3 is 2.42 bits per heavy atom. The van der Waals surface area contributed by atoms with Gasteiger partial charge in [0.25, 0.3) is 0 Å². The molecule has 1 fully saturated rings. The van der Waals surface area contributed by atoms with Gasteiger partial charge in [0.15, 0.2) is 0 Å². The number of aliphatic hydroxyl groups is 1. The maximum absolute atomic E-state index is 10.8. The molecule has 0 spiro atoms. The van der Waals surface area contributed by atoms with Gasteiger partial charge in [-0.3, -0.25) is 4.79 Å². The van der Waals surface area contributed by atoms with E-state index in [1.165, 1.54) is 0 Å². The molecule has 12 heavy (non-hydrogen) atoms. The third-order valence-corrected chi connectivity index (χ3v) is 2.81. The number of carboxylic acid groups (broad SMARTS) is 1. The van der Waals surface area contributed by atoms with Gasteiger partial charge in [-0.15, -0.1) is 0 Å². The van der Waals surface area contributed by atoms with Gasteiger partial charge in [-0.2, -0.15) is 0 Å². The van der Waals surface area contributed by atoms with Crippen molar-refractivity contribution in [3.8, 4) is 0 Å². The van der Waals surface area contributed by atoms with Crippen LogP contribution in [0.5, 0.6) is 0 Å². The quantitative estimate of drug-likeness (QED) is 0.626. The lowest BCUT2D eigenvalue weighted by Gasteiger charge is -2.38. The highest BCUT2D eigenvalue weighted by Crippen LogP contribution is 2.40. The van der Waals surface area contributed by atoms with E-state index in [9.17, 15) is 9.90 Å². The molecule has 1 saturated carbocycles. The van der Waals surface area contributed by atoms with E-state index in [-0.39, 0.29) is 5.41 Å². The van der Waals surface area contributed by atoms with Gasteiger partial charge in [-0.1, -0.05) is 20.3 Å². The summed E-state index contributed by atoms with van der Waals surface area (Å²) in [6, 6.07) is 0. The molecule has 0 aromatic rings. The summed E-state index contributed by atoms with van der Waals surface area (Å²) in [5.41, 5.74) is -0.260. The summed E-state index contributed by atoms with van der Waals surface area (Å²) >= 11 is 0. The molecule has 1 aliphatic carbocycles. The highest BCUT2D eigenvalue weighted by atomic mass is 16.4. The number of hydrogen-bond donors (Lipinski definition) is 2. The fourth-order valence-electron chi connectivity index (χ4n) is 2.11. The highest BCUT2D eigenvalue weighted by molar-refractivity contribution is 5.71. The lowest BCUT2D eigenvalue weighted by Crippen LogP contribution is -2.43. The van der Waals surface area contributed by atoms with Crippen molar-refractivity contribution in [3.63, 3.8) is 0 Å². The van der Waals surface area contributed by atoms with Gasteiger partial charge in [0.2, 0.25) is 0 Å². The number of aliphatic carboxylic acids is 1. The minimum atomic E-state index is -0.868. The third kappa shape index (κ3) is 1.61. The predicted octanol–water partition coefficient (Wildman–Crippen LogP) is 1.26. The van der Waals surface area contributed by atoms with E-state index in [4.69, 9.17) is 5.11 Å². The van der Waals surface area contributed by atoms with Crippen molar-refractivity contribution in [2.75, 3.05) is 0 Å². The van der Waals surface area contributed by atoms with E-state index >= 15 is 0 Å². The van der Waals surface area contributed by atoms with Crippen LogP contribution in [0.4, 0.5) is 0 Å². The van der Waals surface area contributed by atoms with E-state index in [2.05, 4.69) is 0 Å². The van der Waals surface area contributed by atoms with Crippen molar-refractivity contribution in [1.82, 2.24) is 0 Å². The Morgan fingerprint density at radius 2 is 2.08 bits per heavy atom. The summed E-state index contributed by atoms with van der Waals surface area (Å²) in [5, 5.41) is 18.4. The average Bonchev–Trinajstić information content (AvgIpc) is 1.82. The standard InChI is InChI=1S/C9H16O3/c1-9(2)5-3-4-6(10)7(9)8(11)12/h6-7,10H,3-5H2,1-2H3,(H,11,12)/t6-,7+/m1/s1. The van der Waals surface area contributed by atoms with Crippen LogP contribution in [0.3, 0.4) is 0 Å². The summed E-state index contributed by atoms with van der Waals surface area (Å²) in [7, 11) is 0. The maximum Gasteiger partial charge on any atom is 0.309 e. The predicted molar refractivity (Wildman–Crippen MR) is 44.8 cm³/mol. The SMILES string of the molecule is CC1(C)CCC[C@@H](O)[C@H]1C(=O)O. The molecule has 2 N–H and O–H groups in total. The zero-order valence-corrected chi connectivity index (χ0v) is 7.58.